The van der Waals surface area contributed by atoms with Gasteiger partial charge in [0.2, 0.25) is 0 Å². The number of benzene rings is 2. The van der Waals surface area contributed by atoms with Crippen molar-refractivity contribution in [2.45, 2.75) is 13.3 Å². The highest BCUT2D eigenvalue weighted by Gasteiger charge is 2.34. The van der Waals surface area contributed by atoms with Gasteiger partial charge in [0, 0.05) is 0 Å². The zero-order valence-corrected chi connectivity index (χ0v) is 19.3. The Labute approximate surface area is 194 Å². The van der Waals surface area contributed by atoms with Gasteiger partial charge in [-0.25, -0.2) is 0 Å². The molecule has 0 radical (unpaired) electrons. The van der Waals surface area contributed by atoms with Gasteiger partial charge in [-0.15, -0.1) is 6.42 Å². The molecule has 1 fully saturated rings. The predicted molar refractivity (Wildman–Crippen MR) is 127 cm³/mol. The molecule has 1 saturated heterocycles. The number of nitrogens with one attached hydrogen (secondary N) is 1. The largest absolute Gasteiger partial charge is 0.493 e. The third-order valence-corrected chi connectivity index (χ3v) is 5.44. The molecule has 0 bridgehead atoms. The number of hydrogen-bond donors (Lipinski definition) is 1. The Hall–Kier alpha value is -3.15. The first-order chi connectivity index (χ1) is 14.9. The highest BCUT2D eigenvalue weighted by molar-refractivity contribution is 9.10. The van der Waals surface area contributed by atoms with E-state index in [1.54, 1.807) is 24.3 Å². The Morgan fingerprint density at radius 1 is 1.26 bits per heavy atom. The number of carbonyl (C=O) groups excluding carboxylic acids is 2. The molecule has 0 unspecified atom stereocenters. The van der Waals surface area contributed by atoms with Crippen molar-refractivity contribution in [2.24, 2.45) is 0 Å². The highest BCUT2D eigenvalue weighted by atomic mass is 79.9. The van der Waals surface area contributed by atoms with Gasteiger partial charge in [-0.05, 0) is 76.0 Å². The van der Waals surface area contributed by atoms with Crippen LogP contribution in [0.15, 0.2) is 46.4 Å². The van der Waals surface area contributed by atoms with E-state index in [0.29, 0.717) is 27.2 Å². The van der Waals surface area contributed by atoms with Crippen LogP contribution in [0.25, 0.3) is 6.08 Å². The number of ether oxygens (including phenoxy) is 2. The number of thiocarbonyl (C=S) groups is 1. The monoisotopic (exact) mass is 498 g/mol. The maximum Gasteiger partial charge on any atom is 0.270 e. The van der Waals surface area contributed by atoms with Gasteiger partial charge in [0.1, 0.15) is 12.2 Å². The number of nitrogens with zero attached hydrogens (tertiary/aromatic N) is 1. The SMILES string of the molecule is C#CCOc1c(Br)cc(/C=C2\C(=O)NC(=S)N(c3ccc(CC)cc3)C2=O)cc1OC. The molecule has 0 saturated carbocycles. The number of halogens is 1. The Balaban J connectivity index is 1.99. The second-order valence-corrected chi connectivity index (χ2v) is 7.75. The van der Waals surface area contributed by atoms with Crippen LogP contribution in [0.3, 0.4) is 0 Å². The number of aryl methyl sites for hydroxylation is 1. The smallest absolute Gasteiger partial charge is 0.270 e. The van der Waals surface area contributed by atoms with E-state index < -0.39 is 11.8 Å². The molecule has 1 aliphatic heterocycles. The van der Waals surface area contributed by atoms with Gasteiger partial charge >= 0.3 is 0 Å². The van der Waals surface area contributed by atoms with Crippen molar-refractivity contribution in [1.29, 1.82) is 0 Å². The molecular formula is C23H19BrN2O4S. The second-order valence-electron chi connectivity index (χ2n) is 6.50. The lowest BCUT2D eigenvalue weighted by Crippen LogP contribution is -2.54. The maximum absolute atomic E-state index is 13.2. The second kappa shape index (κ2) is 9.77. The Bertz CT molecular complexity index is 1120. The minimum Gasteiger partial charge on any atom is -0.493 e. The summed E-state index contributed by atoms with van der Waals surface area (Å²) in [6.45, 7) is 2.11. The van der Waals surface area contributed by atoms with E-state index in [0.717, 1.165) is 12.0 Å². The van der Waals surface area contributed by atoms with Gasteiger partial charge < -0.3 is 9.47 Å². The van der Waals surface area contributed by atoms with E-state index in [1.807, 2.05) is 19.1 Å². The first-order valence-corrected chi connectivity index (χ1v) is 10.5. The first kappa shape index (κ1) is 22.5. The number of anilines is 1. The lowest BCUT2D eigenvalue weighted by atomic mass is 10.1. The molecule has 1 heterocycles. The van der Waals surface area contributed by atoms with E-state index in [4.69, 9.17) is 28.1 Å². The summed E-state index contributed by atoms with van der Waals surface area (Å²) in [6, 6.07) is 10.8. The average molecular weight is 499 g/mol. The number of hydrogen-bond acceptors (Lipinski definition) is 5. The molecular weight excluding hydrogens is 480 g/mol. The molecule has 0 spiro atoms. The van der Waals surface area contributed by atoms with Crippen LogP contribution in [0.4, 0.5) is 5.69 Å². The zero-order valence-electron chi connectivity index (χ0n) is 16.9. The van der Waals surface area contributed by atoms with Crippen LogP contribution in [0.2, 0.25) is 0 Å². The third kappa shape index (κ3) is 4.79. The van der Waals surface area contributed by atoms with Gasteiger partial charge in [-0.2, -0.15) is 0 Å². The van der Waals surface area contributed by atoms with Crippen molar-refractivity contribution in [1.82, 2.24) is 5.32 Å². The third-order valence-electron chi connectivity index (χ3n) is 4.57. The quantitative estimate of drug-likeness (QED) is 0.283. The van der Waals surface area contributed by atoms with Crippen molar-refractivity contribution in [3.63, 3.8) is 0 Å². The van der Waals surface area contributed by atoms with Crippen LogP contribution in [-0.2, 0) is 16.0 Å². The van der Waals surface area contributed by atoms with E-state index >= 15 is 0 Å². The van der Waals surface area contributed by atoms with Crippen LogP contribution < -0.4 is 19.7 Å². The summed E-state index contributed by atoms with van der Waals surface area (Å²) in [5.41, 5.74) is 2.21. The first-order valence-electron chi connectivity index (χ1n) is 9.33. The Kier molecular flexibility index (Phi) is 7.10. The van der Waals surface area contributed by atoms with Crippen molar-refractivity contribution in [2.75, 3.05) is 18.6 Å². The van der Waals surface area contributed by atoms with Crippen LogP contribution in [0.5, 0.6) is 11.5 Å². The van der Waals surface area contributed by atoms with E-state index in [1.165, 1.54) is 18.1 Å². The zero-order chi connectivity index (χ0) is 22.5. The molecule has 1 N–H and O–H groups in total. The van der Waals surface area contributed by atoms with Crippen molar-refractivity contribution in [3.8, 4) is 23.8 Å². The van der Waals surface area contributed by atoms with Crippen molar-refractivity contribution in [3.05, 3.63) is 57.6 Å². The van der Waals surface area contributed by atoms with Gasteiger partial charge in [-0.1, -0.05) is 25.0 Å². The summed E-state index contributed by atoms with van der Waals surface area (Å²) in [7, 11) is 1.49. The number of amides is 2. The van der Waals surface area contributed by atoms with Crippen molar-refractivity contribution >= 4 is 56.8 Å². The van der Waals surface area contributed by atoms with Crippen LogP contribution >= 0.6 is 28.1 Å². The number of methoxy groups -OCH3 is 1. The Morgan fingerprint density at radius 3 is 2.58 bits per heavy atom. The summed E-state index contributed by atoms with van der Waals surface area (Å²) < 4.78 is 11.4. The summed E-state index contributed by atoms with van der Waals surface area (Å²) in [6.07, 6.45) is 7.60. The molecule has 2 aromatic rings. The molecule has 31 heavy (non-hydrogen) atoms. The Morgan fingerprint density at radius 2 is 1.97 bits per heavy atom. The lowest BCUT2D eigenvalue weighted by molar-refractivity contribution is -0.122. The van der Waals surface area contributed by atoms with Crippen LogP contribution in [0, 0.1) is 12.3 Å². The molecule has 1 aliphatic rings. The molecule has 2 amide bonds. The number of rotatable bonds is 6. The van der Waals surface area contributed by atoms with E-state index in [-0.39, 0.29) is 17.3 Å². The molecule has 0 aromatic heterocycles. The van der Waals surface area contributed by atoms with Crippen LogP contribution in [0.1, 0.15) is 18.1 Å². The van der Waals surface area contributed by atoms with E-state index in [2.05, 4.69) is 27.2 Å². The van der Waals surface area contributed by atoms with Gasteiger partial charge in [0.05, 0.1) is 17.3 Å². The standard InChI is InChI=1S/C23H19BrN2O4S/c1-4-10-30-20-18(24)12-15(13-19(20)29-3)11-17-21(27)25-23(31)26(22(17)28)16-8-6-14(5-2)7-9-16/h1,6-9,11-13H,5,10H2,2-3H3,(H,25,27,31)/b17-11+. The highest BCUT2D eigenvalue weighted by Crippen LogP contribution is 2.37. The molecule has 0 aliphatic carbocycles. The summed E-state index contributed by atoms with van der Waals surface area (Å²) in [4.78, 5) is 27.0. The fourth-order valence-electron chi connectivity index (χ4n) is 3.02. The molecule has 8 heteroatoms. The molecule has 2 aromatic carbocycles. The topological polar surface area (TPSA) is 67.9 Å². The van der Waals surface area contributed by atoms with Crippen LogP contribution in [-0.4, -0.2) is 30.6 Å². The minimum atomic E-state index is -0.570. The minimum absolute atomic E-state index is 0.0354. The molecule has 3 rings (SSSR count). The maximum atomic E-state index is 13.2. The van der Waals surface area contributed by atoms with Crippen molar-refractivity contribution < 1.29 is 19.1 Å². The predicted octanol–water partition coefficient (Wildman–Crippen LogP) is 3.86. The summed E-state index contributed by atoms with van der Waals surface area (Å²) in [5, 5.41) is 2.61. The van der Waals surface area contributed by atoms with Gasteiger partial charge in [-0.3, -0.25) is 19.8 Å². The summed E-state index contributed by atoms with van der Waals surface area (Å²) in [5.74, 6) is 2.15. The fraction of sp³-hybridized carbons (Fsp3) is 0.174. The normalized spacial score (nSPS) is 15.0. The lowest BCUT2D eigenvalue weighted by Gasteiger charge is -2.29. The molecule has 0 atom stereocenters. The number of terminal acetylenes is 1. The number of carbonyl (C=O) groups is 2. The fourth-order valence-corrected chi connectivity index (χ4v) is 3.87. The summed E-state index contributed by atoms with van der Waals surface area (Å²) >= 11 is 8.66. The van der Waals surface area contributed by atoms with Gasteiger partial charge in [0.15, 0.2) is 16.6 Å². The molecule has 6 nitrogen and oxygen atoms in total. The average Bonchev–Trinajstić information content (AvgIpc) is 2.76. The molecule has 158 valence electrons. The van der Waals surface area contributed by atoms with E-state index in [9.17, 15) is 9.59 Å². The van der Waals surface area contributed by atoms with Gasteiger partial charge in [0.25, 0.3) is 11.8 Å².